The molecule has 0 heterocycles. The standard InChI is InChI=1S/C20H22N2/c1-14-10-6-8-12-19(14)16(3)21-18(5)22-17(4)20-13-9-7-11-15(20)2/h6-13H,3H2,1-2,4-5H3/b21-18-,22-17+. The van der Waals surface area contributed by atoms with Crippen LogP contribution in [-0.2, 0) is 0 Å². The number of hydrogen-bond acceptors (Lipinski definition) is 1. The van der Waals surface area contributed by atoms with Gasteiger partial charge in [0.2, 0.25) is 0 Å². The van der Waals surface area contributed by atoms with Crippen LogP contribution in [0.1, 0.15) is 36.1 Å². The van der Waals surface area contributed by atoms with E-state index in [0.717, 1.165) is 22.5 Å². The zero-order valence-electron chi connectivity index (χ0n) is 13.7. The Balaban J connectivity index is 2.26. The molecule has 0 saturated heterocycles. The van der Waals surface area contributed by atoms with Crippen LogP contribution in [0.25, 0.3) is 5.70 Å². The molecule has 0 fully saturated rings. The maximum atomic E-state index is 4.61. The van der Waals surface area contributed by atoms with Crippen LogP contribution < -0.4 is 0 Å². The Morgan fingerprint density at radius 1 is 0.773 bits per heavy atom. The Hall–Kier alpha value is -2.48. The fourth-order valence-corrected chi connectivity index (χ4v) is 2.46. The first kappa shape index (κ1) is 15.9. The van der Waals surface area contributed by atoms with Gasteiger partial charge in [-0.1, -0.05) is 55.1 Å². The monoisotopic (exact) mass is 290 g/mol. The van der Waals surface area contributed by atoms with E-state index in [1.807, 2.05) is 44.2 Å². The highest BCUT2D eigenvalue weighted by Gasteiger charge is 2.03. The topological polar surface area (TPSA) is 24.7 Å². The van der Waals surface area contributed by atoms with Crippen LogP contribution in [0.5, 0.6) is 0 Å². The molecular formula is C20H22N2. The molecular weight excluding hydrogens is 268 g/mol. The lowest BCUT2D eigenvalue weighted by Crippen LogP contribution is -2.01. The Labute approximate surface area is 133 Å². The van der Waals surface area contributed by atoms with Crippen LogP contribution in [0.4, 0.5) is 0 Å². The molecule has 0 unspecified atom stereocenters. The highest BCUT2D eigenvalue weighted by atomic mass is 14.9. The van der Waals surface area contributed by atoms with E-state index >= 15 is 0 Å². The molecule has 2 nitrogen and oxygen atoms in total. The summed E-state index contributed by atoms with van der Waals surface area (Å²) in [5.74, 6) is 0.717. The van der Waals surface area contributed by atoms with Crippen LogP contribution in [0.15, 0.2) is 65.1 Å². The third kappa shape index (κ3) is 3.79. The predicted octanol–water partition coefficient (Wildman–Crippen LogP) is 5.20. The van der Waals surface area contributed by atoms with Crippen molar-refractivity contribution in [2.45, 2.75) is 27.7 Å². The number of hydrogen-bond donors (Lipinski definition) is 0. The summed E-state index contributed by atoms with van der Waals surface area (Å²) in [5, 5.41) is 0. The summed E-state index contributed by atoms with van der Waals surface area (Å²) in [7, 11) is 0. The minimum atomic E-state index is 0.717. The highest BCUT2D eigenvalue weighted by Crippen LogP contribution is 2.18. The van der Waals surface area contributed by atoms with E-state index in [4.69, 9.17) is 0 Å². The van der Waals surface area contributed by atoms with E-state index in [-0.39, 0.29) is 0 Å². The number of amidine groups is 1. The number of benzene rings is 2. The summed E-state index contributed by atoms with van der Waals surface area (Å²) < 4.78 is 0. The van der Waals surface area contributed by atoms with Crippen molar-refractivity contribution in [3.63, 3.8) is 0 Å². The smallest absolute Gasteiger partial charge is 0.126 e. The average molecular weight is 290 g/mol. The molecule has 0 spiro atoms. The molecule has 112 valence electrons. The van der Waals surface area contributed by atoms with Gasteiger partial charge in [-0.3, -0.25) is 0 Å². The van der Waals surface area contributed by atoms with Crippen molar-refractivity contribution in [3.8, 4) is 0 Å². The van der Waals surface area contributed by atoms with Gasteiger partial charge in [0.25, 0.3) is 0 Å². The van der Waals surface area contributed by atoms with Crippen molar-refractivity contribution >= 4 is 17.2 Å². The van der Waals surface area contributed by atoms with E-state index in [0.29, 0.717) is 5.84 Å². The SMILES string of the molecule is C=C(/N=C(C)\N=C(/C)c1ccccc1C)c1ccccc1C. The van der Waals surface area contributed by atoms with Gasteiger partial charge in [-0.05, 0) is 44.4 Å². The second-order valence-electron chi connectivity index (χ2n) is 5.43. The molecule has 2 heteroatoms. The van der Waals surface area contributed by atoms with Gasteiger partial charge in [0.15, 0.2) is 0 Å². The normalized spacial score (nSPS) is 12.4. The molecule has 22 heavy (non-hydrogen) atoms. The molecule has 0 radical (unpaired) electrons. The quantitative estimate of drug-likeness (QED) is 0.548. The molecule has 0 aromatic heterocycles. The second-order valence-corrected chi connectivity index (χ2v) is 5.43. The largest absolute Gasteiger partial charge is 0.238 e. The van der Waals surface area contributed by atoms with Crippen molar-refractivity contribution in [1.29, 1.82) is 0 Å². The van der Waals surface area contributed by atoms with Crippen molar-refractivity contribution < 1.29 is 0 Å². The summed E-state index contributed by atoms with van der Waals surface area (Å²) in [6.45, 7) is 12.1. The average Bonchev–Trinajstić information content (AvgIpc) is 2.47. The molecule has 0 aliphatic heterocycles. The maximum absolute atomic E-state index is 4.61. The zero-order valence-corrected chi connectivity index (χ0v) is 13.7. The van der Waals surface area contributed by atoms with E-state index in [2.05, 4.69) is 48.6 Å². The van der Waals surface area contributed by atoms with Crippen molar-refractivity contribution in [1.82, 2.24) is 0 Å². The van der Waals surface area contributed by atoms with Crippen LogP contribution in [-0.4, -0.2) is 11.5 Å². The van der Waals surface area contributed by atoms with E-state index < -0.39 is 0 Å². The van der Waals surface area contributed by atoms with Gasteiger partial charge in [0.05, 0.1) is 5.70 Å². The molecule has 0 saturated carbocycles. The lowest BCUT2D eigenvalue weighted by molar-refractivity contribution is 1.37. The lowest BCUT2D eigenvalue weighted by atomic mass is 10.1. The van der Waals surface area contributed by atoms with Crippen molar-refractivity contribution in [2.24, 2.45) is 9.98 Å². The summed E-state index contributed by atoms with van der Waals surface area (Å²) in [4.78, 5) is 9.15. The number of aliphatic imine (C=N–C) groups is 2. The van der Waals surface area contributed by atoms with Gasteiger partial charge in [0.1, 0.15) is 5.84 Å². The summed E-state index contributed by atoms with van der Waals surface area (Å²) in [6.07, 6.45) is 0. The second kappa shape index (κ2) is 6.99. The Morgan fingerprint density at radius 2 is 1.27 bits per heavy atom. The molecule has 0 atom stereocenters. The van der Waals surface area contributed by atoms with Gasteiger partial charge in [0, 0.05) is 11.3 Å². The fourth-order valence-electron chi connectivity index (χ4n) is 2.46. The van der Waals surface area contributed by atoms with Crippen LogP contribution in [0.3, 0.4) is 0 Å². The van der Waals surface area contributed by atoms with Gasteiger partial charge in [-0.2, -0.15) is 0 Å². The Morgan fingerprint density at radius 3 is 1.82 bits per heavy atom. The highest BCUT2D eigenvalue weighted by molar-refractivity contribution is 6.07. The van der Waals surface area contributed by atoms with Crippen molar-refractivity contribution in [2.75, 3.05) is 0 Å². The van der Waals surface area contributed by atoms with Crippen LogP contribution in [0, 0.1) is 13.8 Å². The Kier molecular flexibility index (Phi) is 5.05. The van der Waals surface area contributed by atoms with Crippen LogP contribution >= 0.6 is 0 Å². The third-order valence-electron chi connectivity index (χ3n) is 3.62. The third-order valence-corrected chi connectivity index (χ3v) is 3.62. The summed E-state index contributed by atoms with van der Waals surface area (Å²) in [5.41, 5.74) is 6.32. The number of aryl methyl sites for hydroxylation is 2. The number of nitrogens with zero attached hydrogens (tertiary/aromatic N) is 2. The maximum Gasteiger partial charge on any atom is 0.126 e. The first-order valence-electron chi connectivity index (χ1n) is 7.40. The lowest BCUT2D eigenvalue weighted by Gasteiger charge is -2.07. The predicted molar refractivity (Wildman–Crippen MR) is 96.7 cm³/mol. The van der Waals surface area contributed by atoms with E-state index in [1.165, 1.54) is 11.1 Å². The molecule has 2 aromatic rings. The first-order valence-corrected chi connectivity index (χ1v) is 7.40. The fraction of sp³-hybridized carbons (Fsp3) is 0.200. The minimum Gasteiger partial charge on any atom is -0.238 e. The zero-order chi connectivity index (χ0) is 16.1. The Bertz CT molecular complexity index is 752. The summed E-state index contributed by atoms with van der Waals surface area (Å²) in [6, 6.07) is 16.3. The molecule has 0 aliphatic carbocycles. The van der Waals surface area contributed by atoms with Crippen LogP contribution in [0.2, 0.25) is 0 Å². The van der Waals surface area contributed by atoms with Gasteiger partial charge >= 0.3 is 0 Å². The molecule has 0 bridgehead atoms. The van der Waals surface area contributed by atoms with E-state index in [1.54, 1.807) is 0 Å². The minimum absolute atomic E-state index is 0.717. The van der Waals surface area contributed by atoms with Gasteiger partial charge < -0.3 is 0 Å². The van der Waals surface area contributed by atoms with Gasteiger partial charge in [-0.25, -0.2) is 9.98 Å². The molecule has 0 aliphatic rings. The number of rotatable bonds is 3. The summed E-state index contributed by atoms with van der Waals surface area (Å²) >= 11 is 0. The van der Waals surface area contributed by atoms with Gasteiger partial charge in [-0.15, -0.1) is 0 Å². The molecule has 2 rings (SSSR count). The molecule has 2 aromatic carbocycles. The first-order chi connectivity index (χ1) is 10.5. The molecule has 0 amide bonds. The molecule has 0 N–H and O–H groups in total. The van der Waals surface area contributed by atoms with Crippen molar-refractivity contribution in [3.05, 3.63) is 77.4 Å². The van der Waals surface area contributed by atoms with E-state index in [9.17, 15) is 0 Å².